The number of hydrogen-bond acceptors (Lipinski definition) is 7. The van der Waals surface area contributed by atoms with Crippen LogP contribution in [-0.4, -0.2) is 60.3 Å². The van der Waals surface area contributed by atoms with Gasteiger partial charge in [-0.3, -0.25) is 9.69 Å². The maximum atomic E-state index is 13.8. The summed E-state index contributed by atoms with van der Waals surface area (Å²) in [7, 11) is 0. The zero-order valence-electron chi connectivity index (χ0n) is 23.4. The molecule has 0 bridgehead atoms. The fourth-order valence-corrected chi connectivity index (χ4v) is 6.43. The fraction of sp³-hybridized carbons (Fsp3) is 0.645. The number of carbonyl (C=O) groups is 3. The zero-order chi connectivity index (χ0) is 27.6. The van der Waals surface area contributed by atoms with Crippen molar-refractivity contribution in [3.05, 3.63) is 35.6 Å². The second-order valence-electron chi connectivity index (χ2n) is 12.3. The molecule has 1 saturated carbocycles. The second-order valence-corrected chi connectivity index (χ2v) is 12.3. The number of likely N-dealkylation sites (tertiary alicyclic amines) is 1. The molecule has 1 aliphatic carbocycles. The van der Waals surface area contributed by atoms with Crippen LogP contribution < -0.4 is 0 Å². The molecule has 3 fully saturated rings. The lowest BCUT2D eigenvalue weighted by atomic mass is 9.75. The molecule has 0 spiro atoms. The number of furan rings is 1. The van der Waals surface area contributed by atoms with Gasteiger partial charge in [-0.1, -0.05) is 38.2 Å². The summed E-state index contributed by atoms with van der Waals surface area (Å²) in [6.45, 7) is 7.01. The van der Waals surface area contributed by atoms with Crippen LogP contribution in [0.5, 0.6) is 0 Å². The maximum Gasteiger partial charge on any atom is 0.410 e. The number of benzene rings is 1. The summed E-state index contributed by atoms with van der Waals surface area (Å²) in [5.74, 6) is 0.269. The Balaban J connectivity index is 1.30. The van der Waals surface area contributed by atoms with Crippen molar-refractivity contribution in [2.75, 3.05) is 19.8 Å². The van der Waals surface area contributed by atoms with Gasteiger partial charge in [-0.05, 0) is 75.6 Å². The average molecular weight is 540 g/mol. The zero-order valence-corrected chi connectivity index (χ0v) is 23.4. The third kappa shape index (κ3) is 6.65. The van der Waals surface area contributed by atoms with Crippen LogP contribution in [0, 0.1) is 11.8 Å². The Labute approximate surface area is 230 Å². The topological polar surface area (TPSA) is 95.3 Å². The largest absolute Gasteiger partial charge is 0.457 e. The minimum atomic E-state index is -0.622. The SMILES string of the molecule is CC(C)(C)OC(=O)N1CC[C@@H](C2CCCCC2)[C@H]1C(=O)Cc1ccc2oc(C(=O)OC[C@@H]3CCCO3)cc2c1. The number of hydrogen-bond donors (Lipinski definition) is 0. The van der Waals surface area contributed by atoms with Gasteiger partial charge in [0.05, 0.1) is 12.1 Å². The predicted octanol–water partition coefficient (Wildman–Crippen LogP) is 6.09. The monoisotopic (exact) mass is 539 g/mol. The van der Waals surface area contributed by atoms with Gasteiger partial charge < -0.3 is 18.6 Å². The fourth-order valence-electron chi connectivity index (χ4n) is 6.43. The Bertz CT molecular complexity index is 1180. The summed E-state index contributed by atoms with van der Waals surface area (Å²) in [5.41, 5.74) is 0.765. The van der Waals surface area contributed by atoms with Crippen LogP contribution in [0.3, 0.4) is 0 Å². The summed E-state index contributed by atoms with van der Waals surface area (Å²) in [6, 6.07) is 6.71. The summed E-state index contributed by atoms with van der Waals surface area (Å²) < 4.78 is 22.3. The first-order valence-corrected chi connectivity index (χ1v) is 14.5. The minimum absolute atomic E-state index is 0.0352. The Kier molecular flexibility index (Phi) is 8.31. The molecule has 3 aliphatic rings. The van der Waals surface area contributed by atoms with Crippen LogP contribution >= 0.6 is 0 Å². The summed E-state index contributed by atoms with van der Waals surface area (Å²) in [4.78, 5) is 41.2. The quantitative estimate of drug-likeness (QED) is 0.393. The number of carbonyl (C=O) groups excluding carboxylic acids is 3. The summed E-state index contributed by atoms with van der Waals surface area (Å²) >= 11 is 0. The molecule has 1 aromatic carbocycles. The van der Waals surface area contributed by atoms with Crippen molar-refractivity contribution in [1.29, 1.82) is 0 Å². The van der Waals surface area contributed by atoms with Crippen LogP contribution in [0.15, 0.2) is 28.7 Å². The molecule has 5 rings (SSSR count). The average Bonchev–Trinajstić information content (AvgIpc) is 3.66. The molecule has 8 heteroatoms. The van der Waals surface area contributed by atoms with Gasteiger partial charge in [-0.25, -0.2) is 9.59 Å². The first kappa shape index (κ1) is 27.7. The Hall–Kier alpha value is -2.87. The van der Waals surface area contributed by atoms with Gasteiger partial charge in [0.1, 0.15) is 17.8 Å². The van der Waals surface area contributed by atoms with Crippen molar-refractivity contribution in [2.24, 2.45) is 11.8 Å². The molecule has 0 N–H and O–H groups in total. The molecule has 3 atom stereocenters. The van der Waals surface area contributed by atoms with Crippen LogP contribution in [-0.2, 0) is 25.4 Å². The smallest absolute Gasteiger partial charge is 0.410 e. The molecule has 39 heavy (non-hydrogen) atoms. The number of ether oxygens (including phenoxy) is 3. The van der Waals surface area contributed by atoms with E-state index in [2.05, 4.69) is 0 Å². The van der Waals surface area contributed by atoms with E-state index in [0.29, 0.717) is 24.7 Å². The van der Waals surface area contributed by atoms with E-state index >= 15 is 0 Å². The third-order valence-corrected chi connectivity index (χ3v) is 8.24. The van der Waals surface area contributed by atoms with Crippen molar-refractivity contribution in [2.45, 2.75) is 96.3 Å². The van der Waals surface area contributed by atoms with Crippen molar-refractivity contribution in [3.63, 3.8) is 0 Å². The Morgan fingerprint density at radius 2 is 1.79 bits per heavy atom. The van der Waals surface area contributed by atoms with Gasteiger partial charge in [0.25, 0.3) is 0 Å². The van der Waals surface area contributed by atoms with E-state index in [1.165, 1.54) is 19.3 Å². The number of esters is 1. The van der Waals surface area contributed by atoms with E-state index in [1.54, 1.807) is 17.0 Å². The maximum absolute atomic E-state index is 13.8. The van der Waals surface area contributed by atoms with Gasteiger partial charge in [0.15, 0.2) is 5.78 Å². The van der Waals surface area contributed by atoms with E-state index in [9.17, 15) is 14.4 Å². The van der Waals surface area contributed by atoms with Gasteiger partial charge in [-0.15, -0.1) is 0 Å². The van der Waals surface area contributed by atoms with E-state index in [-0.39, 0.29) is 36.6 Å². The highest BCUT2D eigenvalue weighted by atomic mass is 16.6. The van der Waals surface area contributed by atoms with Gasteiger partial charge in [0, 0.05) is 25.0 Å². The molecule has 2 aromatic rings. The normalized spacial score (nSPS) is 24.3. The predicted molar refractivity (Wildman–Crippen MR) is 146 cm³/mol. The highest BCUT2D eigenvalue weighted by Gasteiger charge is 2.46. The Morgan fingerprint density at radius 1 is 1.00 bits per heavy atom. The minimum Gasteiger partial charge on any atom is -0.457 e. The molecule has 0 radical (unpaired) electrons. The van der Waals surface area contributed by atoms with E-state index in [4.69, 9.17) is 18.6 Å². The van der Waals surface area contributed by atoms with E-state index < -0.39 is 23.7 Å². The first-order valence-electron chi connectivity index (χ1n) is 14.5. The molecule has 1 aromatic heterocycles. The second kappa shape index (κ2) is 11.7. The molecule has 1 amide bonds. The van der Waals surface area contributed by atoms with Gasteiger partial charge in [0.2, 0.25) is 5.76 Å². The first-order chi connectivity index (χ1) is 18.7. The van der Waals surface area contributed by atoms with Crippen LogP contribution in [0.4, 0.5) is 4.79 Å². The molecule has 2 saturated heterocycles. The lowest BCUT2D eigenvalue weighted by Gasteiger charge is -2.34. The lowest BCUT2D eigenvalue weighted by Crippen LogP contribution is -2.47. The van der Waals surface area contributed by atoms with Crippen molar-refractivity contribution < 1.29 is 33.0 Å². The molecule has 3 heterocycles. The van der Waals surface area contributed by atoms with Crippen molar-refractivity contribution in [3.8, 4) is 0 Å². The number of amides is 1. The van der Waals surface area contributed by atoms with Crippen molar-refractivity contribution >= 4 is 28.8 Å². The van der Waals surface area contributed by atoms with Crippen LogP contribution in [0.25, 0.3) is 11.0 Å². The van der Waals surface area contributed by atoms with Crippen molar-refractivity contribution in [1.82, 2.24) is 4.90 Å². The van der Waals surface area contributed by atoms with Gasteiger partial charge >= 0.3 is 12.1 Å². The number of rotatable bonds is 7. The molecular weight excluding hydrogens is 498 g/mol. The van der Waals surface area contributed by atoms with Crippen LogP contribution in [0.2, 0.25) is 0 Å². The Morgan fingerprint density at radius 3 is 2.51 bits per heavy atom. The molecule has 8 nitrogen and oxygen atoms in total. The van der Waals surface area contributed by atoms with E-state index in [0.717, 1.165) is 43.1 Å². The molecule has 2 aliphatic heterocycles. The van der Waals surface area contributed by atoms with E-state index in [1.807, 2.05) is 32.9 Å². The number of fused-ring (bicyclic) bond motifs is 1. The van der Waals surface area contributed by atoms with Crippen LogP contribution in [0.1, 0.15) is 88.3 Å². The highest BCUT2D eigenvalue weighted by Crippen LogP contribution is 2.40. The lowest BCUT2D eigenvalue weighted by molar-refractivity contribution is -0.124. The molecule has 0 unspecified atom stereocenters. The summed E-state index contributed by atoms with van der Waals surface area (Å²) in [5, 5.41) is 0.739. The number of Topliss-reactive ketones (excluding diaryl/α,β-unsaturated/α-hetero) is 1. The highest BCUT2D eigenvalue weighted by molar-refractivity contribution is 5.94. The number of ketones is 1. The number of nitrogens with zero attached hydrogens (tertiary/aromatic N) is 1. The molecular formula is C31H41NO7. The summed E-state index contributed by atoms with van der Waals surface area (Å²) in [6.07, 6.45) is 8.28. The third-order valence-electron chi connectivity index (χ3n) is 8.24. The van der Waals surface area contributed by atoms with Gasteiger partial charge in [-0.2, -0.15) is 0 Å². The molecule has 212 valence electrons. The standard InChI is InChI=1S/C31H41NO7/c1-31(2,3)39-30(35)32-14-13-24(21-8-5-4-6-9-21)28(32)25(33)17-20-11-12-26-22(16-20)18-27(38-26)29(34)37-19-23-10-7-15-36-23/h11-12,16,18,21,23-24,28H,4-10,13-15,17,19H2,1-3H3/t23-,24-,28-/m0/s1.